The second kappa shape index (κ2) is 8.84. The molecule has 168 valence electrons. The van der Waals surface area contributed by atoms with Gasteiger partial charge >= 0.3 is 6.18 Å². The summed E-state index contributed by atoms with van der Waals surface area (Å²) in [6.45, 7) is 0.444. The molecular formula is C22H26F3N3O2S. The van der Waals surface area contributed by atoms with E-state index < -0.39 is 24.7 Å². The zero-order valence-corrected chi connectivity index (χ0v) is 18.2. The zero-order chi connectivity index (χ0) is 22.2. The Hall–Kier alpha value is -2.03. The van der Waals surface area contributed by atoms with E-state index in [-0.39, 0.29) is 23.3 Å². The van der Waals surface area contributed by atoms with Gasteiger partial charge in [-0.3, -0.25) is 14.2 Å². The summed E-state index contributed by atoms with van der Waals surface area (Å²) in [4.78, 5) is 31.6. The van der Waals surface area contributed by atoms with Gasteiger partial charge < -0.3 is 4.90 Å². The highest BCUT2D eigenvalue weighted by molar-refractivity contribution is 7.99. The zero-order valence-electron chi connectivity index (χ0n) is 17.4. The molecule has 0 radical (unpaired) electrons. The number of aromatic nitrogens is 2. The minimum Gasteiger partial charge on any atom is -0.330 e. The Kier molecular flexibility index (Phi) is 6.32. The third kappa shape index (κ3) is 5.07. The van der Waals surface area contributed by atoms with Crippen molar-refractivity contribution in [3.05, 3.63) is 34.6 Å². The van der Waals surface area contributed by atoms with E-state index in [4.69, 9.17) is 0 Å². The Balaban J connectivity index is 1.60. The summed E-state index contributed by atoms with van der Waals surface area (Å²) >= 11 is 1.07. The summed E-state index contributed by atoms with van der Waals surface area (Å²) in [7, 11) is 0. The smallest absolute Gasteiger partial charge is 0.330 e. The summed E-state index contributed by atoms with van der Waals surface area (Å²) in [6, 6.07) is 6.62. The lowest BCUT2D eigenvalue weighted by atomic mass is 10.2. The van der Waals surface area contributed by atoms with E-state index in [1.165, 1.54) is 0 Å². The Morgan fingerprint density at radius 2 is 1.90 bits per heavy atom. The molecule has 1 aromatic heterocycles. The van der Waals surface area contributed by atoms with E-state index in [0.717, 1.165) is 55.2 Å². The summed E-state index contributed by atoms with van der Waals surface area (Å²) in [6.07, 6.45) is 1.01. The van der Waals surface area contributed by atoms with Crippen molar-refractivity contribution in [3.8, 4) is 0 Å². The summed E-state index contributed by atoms with van der Waals surface area (Å²) in [5.41, 5.74) is 0.390. The van der Waals surface area contributed by atoms with Crippen LogP contribution in [0.4, 0.5) is 13.2 Å². The normalized spacial score (nSPS) is 18.5. The molecule has 1 amide bonds. The highest BCUT2D eigenvalue weighted by Crippen LogP contribution is 2.37. The first-order chi connectivity index (χ1) is 14.7. The van der Waals surface area contributed by atoms with Gasteiger partial charge in [-0.15, -0.1) is 0 Å². The fraction of sp³-hybridized carbons (Fsp3) is 0.591. The van der Waals surface area contributed by atoms with Gasteiger partial charge in [0.05, 0.1) is 16.7 Å². The number of carbonyl (C=O) groups excluding carboxylic acids is 1. The summed E-state index contributed by atoms with van der Waals surface area (Å²) < 4.78 is 41.0. The fourth-order valence-corrected chi connectivity index (χ4v) is 5.36. The molecule has 31 heavy (non-hydrogen) atoms. The van der Waals surface area contributed by atoms with Crippen LogP contribution in [0.3, 0.4) is 0 Å². The molecule has 2 aromatic rings. The number of halogens is 3. The average molecular weight is 454 g/mol. The van der Waals surface area contributed by atoms with E-state index in [1.54, 1.807) is 35.8 Å². The molecule has 2 aliphatic rings. The Morgan fingerprint density at radius 1 is 1.23 bits per heavy atom. The van der Waals surface area contributed by atoms with Gasteiger partial charge in [0, 0.05) is 12.1 Å². The van der Waals surface area contributed by atoms with Crippen molar-refractivity contribution in [3.63, 3.8) is 0 Å². The maximum atomic E-state index is 13.2. The number of hydrogen-bond acceptors (Lipinski definition) is 4. The molecule has 2 saturated carbocycles. The topological polar surface area (TPSA) is 55.2 Å². The lowest BCUT2D eigenvalue weighted by molar-refractivity contribution is -0.164. The van der Waals surface area contributed by atoms with Crippen molar-refractivity contribution in [2.75, 3.05) is 12.3 Å². The number of alkyl halides is 3. The van der Waals surface area contributed by atoms with Crippen LogP contribution >= 0.6 is 11.8 Å². The van der Waals surface area contributed by atoms with Crippen LogP contribution in [0.2, 0.25) is 0 Å². The lowest BCUT2D eigenvalue weighted by Crippen LogP contribution is -2.46. The van der Waals surface area contributed by atoms with Gasteiger partial charge in [-0.05, 0) is 50.7 Å². The fourth-order valence-electron chi connectivity index (χ4n) is 4.41. The summed E-state index contributed by atoms with van der Waals surface area (Å²) in [5.74, 6) is -0.612. The number of para-hydroxylation sites is 1. The minimum atomic E-state index is -4.45. The third-order valence-corrected chi connectivity index (χ3v) is 7.19. The molecule has 2 aliphatic carbocycles. The van der Waals surface area contributed by atoms with Crippen LogP contribution in [0.1, 0.15) is 51.5 Å². The predicted octanol–water partition coefficient (Wildman–Crippen LogP) is 4.79. The largest absolute Gasteiger partial charge is 0.406 e. The van der Waals surface area contributed by atoms with Gasteiger partial charge in [-0.2, -0.15) is 13.2 Å². The van der Waals surface area contributed by atoms with Gasteiger partial charge in [-0.1, -0.05) is 36.7 Å². The molecule has 0 aliphatic heterocycles. The number of rotatable bonds is 7. The SMILES string of the molecule is C[C@H](C1CC1)N(CC(F)(F)F)C(=O)CSc1nc2ccccc2c(=O)n1C1CCCC1. The lowest BCUT2D eigenvalue weighted by Gasteiger charge is -2.30. The number of fused-ring (bicyclic) bond motifs is 1. The highest BCUT2D eigenvalue weighted by Gasteiger charge is 2.40. The van der Waals surface area contributed by atoms with Gasteiger partial charge in [0.2, 0.25) is 5.91 Å². The second-order valence-electron chi connectivity index (χ2n) is 8.53. The molecule has 0 saturated heterocycles. The van der Waals surface area contributed by atoms with Crippen LogP contribution in [0.25, 0.3) is 10.9 Å². The Labute approximate surface area is 183 Å². The van der Waals surface area contributed by atoms with Crippen molar-refractivity contribution in [1.29, 1.82) is 0 Å². The molecule has 1 aromatic carbocycles. The van der Waals surface area contributed by atoms with E-state index >= 15 is 0 Å². The number of nitrogens with zero attached hydrogens (tertiary/aromatic N) is 3. The first-order valence-electron chi connectivity index (χ1n) is 10.7. The molecule has 0 N–H and O–H groups in total. The van der Waals surface area contributed by atoms with Crippen molar-refractivity contribution < 1.29 is 18.0 Å². The Bertz CT molecular complexity index is 1010. The quantitative estimate of drug-likeness (QED) is 0.447. The van der Waals surface area contributed by atoms with Gasteiger partial charge in [0.25, 0.3) is 5.56 Å². The highest BCUT2D eigenvalue weighted by atomic mass is 32.2. The standard InChI is InChI=1S/C22H26F3N3O2S/c1-14(15-10-11-15)27(13-22(23,24)25)19(29)12-31-21-26-18-9-5-4-8-17(18)20(30)28(21)16-6-2-3-7-16/h4-5,8-9,14-16H,2-3,6-7,10-13H2,1H3/t14-/m1/s1. The summed E-state index contributed by atoms with van der Waals surface area (Å²) in [5, 5.41) is 0.932. The molecule has 9 heteroatoms. The Morgan fingerprint density at radius 3 is 2.55 bits per heavy atom. The number of benzene rings is 1. The van der Waals surface area contributed by atoms with Crippen LogP contribution < -0.4 is 5.56 Å². The van der Waals surface area contributed by atoms with Crippen molar-refractivity contribution >= 4 is 28.6 Å². The van der Waals surface area contributed by atoms with E-state index in [1.807, 2.05) is 0 Å². The maximum absolute atomic E-state index is 13.2. The molecule has 5 nitrogen and oxygen atoms in total. The number of hydrogen-bond donors (Lipinski definition) is 0. The van der Waals surface area contributed by atoms with Crippen LogP contribution in [0.15, 0.2) is 34.2 Å². The number of amides is 1. The van der Waals surface area contributed by atoms with Crippen molar-refractivity contribution in [2.45, 2.75) is 68.9 Å². The average Bonchev–Trinajstić information content (AvgIpc) is 3.44. The number of carbonyl (C=O) groups is 1. The molecule has 0 bridgehead atoms. The molecule has 1 heterocycles. The van der Waals surface area contributed by atoms with Crippen LogP contribution in [-0.4, -0.2) is 44.9 Å². The monoisotopic (exact) mass is 453 g/mol. The number of thioether (sulfide) groups is 1. The first kappa shape index (κ1) is 22.2. The molecule has 1 atom stereocenters. The predicted molar refractivity (Wildman–Crippen MR) is 114 cm³/mol. The first-order valence-corrected chi connectivity index (χ1v) is 11.7. The van der Waals surface area contributed by atoms with Gasteiger partial charge in [-0.25, -0.2) is 4.98 Å². The van der Waals surface area contributed by atoms with E-state index in [2.05, 4.69) is 4.98 Å². The maximum Gasteiger partial charge on any atom is 0.406 e. The van der Waals surface area contributed by atoms with Crippen LogP contribution in [-0.2, 0) is 4.79 Å². The molecule has 2 fully saturated rings. The van der Waals surface area contributed by atoms with Gasteiger partial charge in [0.15, 0.2) is 5.16 Å². The van der Waals surface area contributed by atoms with Crippen LogP contribution in [0.5, 0.6) is 0 Å². The van der Waals surface area contributed by atoms with Gasteiger partial charge in [0.1, 0.15) is 6.54 Å². The van der Waals surface area contributed by atoms with Crippen molar-refractivity contribution in [1.82, 2.24) is 14.5 Å². The second-order valence-corrected chi connectivity index (χ2v) is 9.47. The van der Waals surface area contributed by atoms with Crippen LogP contribution in [0, 0.1) is 5.92 Å². The molecule has 0 unspecified atom stereocenters. The third-order valence-electron chi connectivity index (χ3n) is 6.26. The molecule has 4 rings (SSSR count). The van der Waals surface area contributed by atoms with E-state index in [0.29, 0.717) is 16.1 Å². The minimum absolute atomic E-state index is 0.0128. The molecular weight excluding hydrogens is 427 g/mol. The van der Waals surface area contributed by atoms with Crippen molar-refractivity contribution in [2.24, 2.45) is 5.92 Å². The molecule has 0 spiro atoms. The van der Waals surface area contributed by atoms with E-state index in [9.17, 15) is 22.8 Å².